The second kappa shape index (κ2) is 5.23. The van der Waals surface area contributed by atoms with Crippen LogP contribution in [0.15, 0.2) is 0 Å². The highest BCUT2D eigenvalue weighted by molar-refractivity contribution is 5.63. The van der Waals surface area contributed by atoms with E-state index in [9.17, 15) is 4.79 Å². The smallest absolute Gasteiger partial charge is 0.389 e. The van der Waals surface area contributed by atoms with E-state index in [1.807, 2.05) is 6.92 Å². The quantitative estimate of drug-likeness (QED) is 0.564. The van der Waals surface area contributed by atoms with E-state index in [4.69, 9.17) is 0 Å². The van der Waals surface area contributed by atoms with E-state index in [2.05, 4.69) is 14.0 Å². The molecule has 0 unspecified atom stereocenters. The number of amides is 2. The molecule has 0 aromatic heterocycles. The molecule has 0 saturated heterocycles. The van der Waals surface area contributed by atoms with E-state index in [-0.39, 0.29) is 6.03 Å². The summed E-state index contributed by atoms with van der Waals surface area (Å²) >= 11 is 0. The van der Waals surface area contributed by atoms with E-state index < -0.39 is 0 Å². The molecule has 0 aliphatic heterocycles. The van der Waals surface area contributed by atoms with Gasteiger partial charge in [0.15, 0.2) is 0 Å². The number of rotatable bonds is 3. The number of urea groups is 1. The Labute approximate surface area is 62.4 Å². The SMILES string of the molecule is [CH2-][NH2+]C(=O)N(CC)CCC. The molecule has 0 spiro atoms. The van der Waals surface area contributed by atoms with Crippen LogP contribution < -0.4 is 5.32 Å². The van der Waals surface area contributed by atoms with Crippen molar-refractivity contribution in [2.24, 2.45) is 0 Å². The zero-order valence-electron chi connectivity index (χ0n) is 6.76. The maximum atomic E-state index is 10.9. The highest BCUT2D eigenvalue weighted by atomic mass is 16.2. The van der Waals surface area contributed by atoms with E-state index in [1.165, 1.54) is 5.32 Å². The Kier molecular flexibility index (Phi) is 4.94. The minimum absolute atomic E-state index is 0.0318. The fourth-order valence-corrected chi connectivity index (χ4v) is 0.823. The van der Waals surface area contributed by atoms with Gasteiger partial charge in [-0.05, 0) is 13.3 Å². The van der Waals surface area contributed by atoms with Gasteiger partial charge in [-0.2, -0.15) is 0 Å². The van der Waals surface area contributed by atoms with Crippen molar-refractivity contribution in [3.63, 3.8) is 0 Å². The van der Waals surface area contributed by atoms with Gasteiger partial charge in [-0.1, -0.05) is 6.92 Å². The number of hydrogen-bond acceptors (Lipinski definition) is 1. The summed E-state index contributed by atoms with van der Waals surface area (Å²) in [7, 11) is 3.42. The topological polar surface area (TPSA) is 36.9 Å². The summed E-state index contributed by atoms with van der Waals surface area (Å²) in [5, 5.41) is 1.36. The molecule has 10 heavy (non-hydrogen) atoms. The van der Waals surface area contributed by atoms with Crippen molar-refractivity contribution in [3.8, 4) is 0 Å². The molecule has 0 heterocycles. The van der Waals surface area contributed by atoms with Crippen molar-refractivity contribution in [1.29, 1.82) is 0 Å². The van der Waals surface area contributed by atoms with Crippen LogP contribution in [-0.4, -0.2) is 24.0 Å². The molecule has 0 fully saturated rings. The average Bonchev–Trinajstić information content (AvgIpc) is 1.99. The molecule has 60 valence electrons. The van der Waals surface area contributed by atoms with Crippen LogP contribution in [0.1, 0.15) is 20.3 Å². The molecule has 0 aliphatic carbocycles. The molecule has 0 radical (unpaired) electrons. The van der Waals surface area contributed by atoms with Crippen LogP contribution in [0.4, 0.5) is 4.79 Å². The van der Waals surface area contributed by atoms with Crippen LogP contribution in [0.2, 0.25) is 0 Å². The molecule has 3 heteroatoms. The first-order valence-electron chi connectivity index (χ1n) is 3.67. The summed E-state index contributed by atoms with van der Waals surface area (Å²) in [6, 6.07) is 0.0318. The molecule has 0 saturated carbocycles. The number of quaternary nitrogens is 1. The minimum atomic E-state index is 0.0318. The Morgan fingerprint density at radius 3 is 2.50 bits per heavy atom. The Morgan fingerprint density at radius 2 is 2.20 bits per heavy atom. The lowest BCUT2D eigenvalue weighted by Crippen LogP contribution is -2.84. The van der Waals surface area contributed by atoms with E-state index in [0.717, 1.165) is 19.5 Å². The third kappa shape index (κ3) is 2.82. The largest absolute Gasteiger partial charge is 0.395 e. The zero-order valence-corrected chi connectivity index (χ0v) is 6.76. The van der Waals surface area contributed by atoms with Crippen LogP contribution in [0.3, 0.4) is 0 Å². The minimum Gasteiger partial charge on any atom is -0.395 e. The van der Waals surface area contributed by atoms with Crippen LogP contribution in [-0.2, 0) is 0 Å². The molecule has 0 aliphatic rings. The second-order valence-electron chi connectivity index (χ2n) is 2.12. The molecule has 3 nitrogen and oxygen atoms in total. The van der Waals surface area contributed by atoms with Crippen LogP contribution in [0, 0.1) is 7.05 Å². The zero-order chi connectivity index (χ0) is 7.98. The Hall–Kier alpha value is -0.570. The molecule has 0 aromatic rings. The van der Waals surface area contributed by atoms with Crippen molar-refractivity contribution >= 4 is 6.03 Å². The van der Waals surface area contributed by atoms with Crippen LogP contribution in [0.25, 0.3) is 0 Å². The van der Waals surface area contributed by atoms with Crippen molar-refractivity contribution in [2.75, 3.05) is 13.1 Å². The van der Waals surface area contributed by atoms with Gasteiger partial charge < -0.3 is 5.32 Å². The van der Waals surface area contributed by atoms with Gasteiger partial charge in [0.2, 0.25) is 0 Å². The fourth-order valence-electron chi connectivity index (χ4n) is 0.823. The highest BCUT2D eigenvalue weighted by Crippen LogP contribution is 1.87. The molecular weight excluding hydrogens is 128 g/mol. The Morgan fingerprint density at radius 1 is 1.60 bits per heavy atom. The van der Waals surface area contributed by atoms with Gasteiger partial charge in [-0.3, -0.25) is 4.90 Å². The molecule has 2 N–H and O–H groups in total. The lowest BCUT2D eigenvalue weighted by Gasteiger charge is -2.17. The predicted octanol–water partition coefficient (Wildman–Crippen LogP) is 0.193. The van der Waals surface area contributed by atoms with Gasteiger partial charge in [-0.15, -0.1) is 7.05 Å². The van der Waals surface area contributed by atoms with Crippen molar-refractivity contribution in [3.05, 3.63) is 7.05 Å². The predicted molar refractivity (Wildman–Crippen MR) is 40.2 cm³/mol. The van der Waals surface area contributed by atoms with Gasteiger partial charge in [0, 0.05) is 13.1 Å². The Balaban J connectivity index is 3.68. The van der Waals surface area contributed by atoms with E-state index in [1.54, 1.807) is 4.90 Å². The molecule has 0 bridgehead atoms. The summed E-state index contributed by atoms with van der Waals surface area (Å²) in [6.45, 7) is 5.64. The molecule has 0 aromatic carbocycles. The molecule has 0 atom stereocenters. The van der Waals surface area contributed by atoms with Crippen molar-refractivity contribution in [2.45, 2.75) is 20.3 Å². The lowest BCUT2D eigenvalue weighted by molar-refractivity contribution is -0.498. The number of carbonyl (C=O) groups excluding carboxylic acids is 1. The first-order valence-corrected chi connectivity index (χ1v) is 3.67. The fraction of sp³-hybridized carbons (Fsp3) is 0.714. The molecule has 2 amide bonds. The third-order valence-corrected chi connectivity index (χ3v) is 1.36. The summed E-state index contributed by atoms with van der Waals surface area (Å²) in [4.78, 5) is 12.7. The second-order valence-corrected chi connectivity index (χ2v) is 2.12. The lowest BCUT2D eigenvalue weighted by atomic mass is 10.4. The molecular formula is C7H16N2O. The van der Waals surface area contributed by atoms with Crippen LogP contribution in [0.5, 0.6) is 0 Å². The number of nitrogens with two attached hydrogens (primary N) is 1. The summed E-state index contributed by atoms with van der Waals surface area (Å²) in [6.07, 6.45) is 1.01. The number of nitrogens with zero attached hydrogens (tertiary/aromatic N) is 1. The Bertz CT molecular complexity index is 104. The van der Waals surface area contributed by atoms with Crippen molar-refractivity contribution in [1.82, 2.24) is 4.90 Å². The maximum Gasteiger partial charge on any atom is 0.389 e. The maximum absolute atomic E-state index is 10.9. The average molecular weight is 144 g/mol. The summed E-state index contributed by atoms with van der Waals surface area (Å²) in [5.74, 6) is 0. The van der Waals surface area contributed by atoms with E-state index >= 15 is 0 Å². The normalized spacial score (nSPS) is 9.50. The van der Waals surface area contributed by atoms with Gasteiger partial charge in [0.25, 0.3) is 0 Å². The standard InChI is InChI=1S/C7H16N2O/c1-4-6-9(5-2)7(10)8-3/h3-6,8H2,1-2H3. The van der Waals surface area contributed by atoms with Crippen LogP contribution >= 0.6 is 0 Å². The summed E-state index contributed by atoms with van der Waals surface area (Å²) < 4.78 is 0. The first-order chi connectivity index (χ1) is 4.76. The third-order valence-electron chi connectivity index (χ3n) is 1.36. The summed E-state index contributed by atoms with van der Waals surface area (Å²) in [5.41, 5.74) is 0. The number of hydrogen-bond donors (Lipinski definition) is 1. The highest BCUT2D eigenvalue weighted by Gasteiger charge is 2.08. The molecule has 0 rings (SSSR count). The van der Waals surface area contributed by atoms with Gasteiger partial charge in [0.1, 0.15) is 0 Å². The van der Waals surface area contributed by atoms with Crippen molar-refractivity contribution < 1.29 is 10.1 Å². The first kappa shape index (κ1) is 9.43. The number of primary amides is 1. The van der Waals surface area contributed by atoms with Gasteiger partial charge in [0.05, 0.1) is 0 Å². The van der Waals surface area contributed by atoms with E-state index in [0.29, 0.717) is 0 Å². The monoisotopic (exact) mass is 144 g/mol. The number of carbonyl (C=O) groups is 1. The van der Waals surface area contributed by atoms with Gasteiger partial charge in [-0.25, -0.2) is 4.79 Å². The van der Waals surface area contributed by atoms with Gasteiger partial charge >= 0.3 is 6.03 Å².